The number of nitrogens with zero attached hydrogens (tertiary/aromatic N) is 1. The molecule has 0 radical (unpaired) electrons. The lowest BCUT2D eigenvalue weighted by Gasteiger charge is -2.23. The molecule has 8 nitrogen and oxygen atoms in total. The van der Waals surface area contributed by atoms with E-state index in [0.29, 0.717) is 12.0 Å². The lowest BCUT2D eigenvalue weighted by Crippen LogP contribution is -2.47. The van der Waals surface area contributed by atoms with E-state index in [-0.39, 0.29) is 18.2 Å². The Morgan fingerprint density at radius 3 is 2.33 bits per heavy atom. The summed E-state index contributed by atoms with van der Waals surface area (Å²) in [5.74, 6) is -0.795. The smallest absolute Gasteiger partial charge is 0.408 e. The van der Waals surface area contributed by atoms with Crippen LogP contribution in [0.1, 0.15) is 44.2 Å². The summed E-state index contributed by atoms with van der Waals surface area (Å²) in [7, 11) is 0. The first-order valence-corrected chi connectivity index (χ1v) is 9.57. The Hall–Kier alpha value is -3.42. The summed E-state index contributed by atoms with van der Waals surface area (Å²) in [6.07, 6.45) is -0.289. The normalized spacial score (nSPS) is 20.2. The molecule has 1 aliphatic rings. The van der Waals surface area contributed by atoms with Gasteiger partial charge in [-0.2, -0.15) is 0 Å². The number of esters is 1. The third-order valence-electron chi connectivity index (χ3n) is 4.77. The van der Waals surface area contributed by atoms with E-state index in [9.17, 15) is 19.7 Å². The van der Waals surface area contributed by atoms with E-state index in [4.69, 9.17) is 9.47 Å². The maximum atomic E-state index is 13.0. The third-order valence-corrected chi connectivity index (χ3v) is 4.77. The quantitative estimate of drug-likeness (QED) is 0.435. The molecule has 2 unspecified atom stereocenters. The van der Waals surface area contributed by atoms with E-state index >= 15 is 0 Å². The van der Waals surface area contributed by atoms with Crippen LogP contribution in [0.15, 0.2) is 54.6 Å². The molecular formula is C22H24N2O6. The van der Waals surface area contributed by atoms with Crippen molar-refractivity contribution in [2.75, 3.05) is 0 Å². The average Bonchev–Trinajstić information content (AvgIpc) is 3.40. The Morgan fingerprint density at radius 2 is 1.77 bits per heavy atom. The van der Waals surface area contributed by atoms with Gasteiger partial charge in [0.1, 0.15) is 17.7 Å². The van der Waals surface area contributed by atoms with Crippen LogP contribution >= 0.6 is 0 Å². The van der Waals surface area contributed by atoms with Crippen molar-refractivity contribution < 1.29 is 24.0 Å². The predicted molar refractivity (Wildman–Crippen MR) is 109 cm³/mol. The highest BCUT2D eigenvalue weighted by Gasteiger charge is 2.63. The monoisotopic (exact) mass is 412 g/mol. The van der Waals surface area contributed by atoms with E-state index in [0.717, 1.165) is 5.56 Å². The van der Waals surface area contributed by atoms with Crippen LogP contribution in [-0.4, -0.2) is 28.1 Å². The van der Waals surface area contributed by atoms with Crippen LogP contribution in [-0.2, 0) is 20.9 Å². The molecule has 0 spiro atoms. The first-order valence-electron chi connectivity index (χ1n) is 9.57. The Labute approximate surface area is 174 Å². The van der Waals surface area contributed by atoms with Crippen molar-refractivity contribution in [1.82, 2.24) is 5.32 Å². The topological polar surface area (TPSA) is 108 Å². The molecule has 1 N–H and O–H groups in total. The molecule has 0 bridgehead atoms. The van der Waals surface area contributed by atoms with Gasteiger partial charge >= 0.3 is 12.1 Å². The number of hydrogen-bond acceptors (Lipinski definition) is 6. The number of non-ortho nitro benzene ring substituents is 1. The number of alkyl carbamates (subject to hydrolysis) is 1. The highest BCUT2D eigenvalue weighted by molar-refractivity contribution is 5.91. The van der Waals surface area contributed by atoms with Gasteiger partial charge in [0.25, 0.3) is 5.69 Å². The van der Waals surface area contributed by atoms with Crippen LogP contribution in [0.2, 0.25) is 0 Å². The van der Waals surface area contributed by atoms with Crippen LogP contribution in [0.4, 0.5) is 10.5 Å². The molecule has 8 heteroatoms. The highest BCUT2D eigenvalue weighted by Crippen LogP contribution is 2.52. The Balaban J connectivity index is 1.72. The third kappa shape index (κ3) is 4.94. The van der Waals surface area contributed by atoms with Crippen LogP contribution in [0.25, 0.3) is 0 Å². The predicted octanol–water partition coefficient (Wildman–Crippen LogP) is 4.09. The number of nitro benzene ring substituents is 1. The zero-order valence-corrected chi connectivity index (χ0v) is 17.1. The zero-order valence-electron chi connectivity index (χ0n) is 17.1. The summed E-state index contributed by atoms with van der Waals surface area (Å²) in [6.45, 7) is 5.17. The second-order valence-corrected chi connectivity index (χ2v) is 8.27. The van der Waals surface area contributed by atoms with Crippen LogP contribution in [0.3, 0.4) is 0 Å². The summed E-state index contributed by atoms with van der Waals surface area (Å²) < 4.78 is 10.8. The van der Waals surface area contributed by atoms with Gasteiger partial charge in [-0.15, -0.1) is 0 Å². The molecule has 3 rings (SSSR count). The van der Waals surface area contributed by atoms with E-state index in [2.05, 4.69) is 5.32 Å². The number of rotatable bonds is 6. The van der Waals surface area contributed by atoms with Crippen molar-refractivity contribution in [2.24, 2.45) is 0 Å². The molecule has 30 heavy (non-hydrogen) atoms. The molecule has 0 aliphatic heterocycles. The van der Waals surface area contributed by atoms with Gasteiger partial charge in [0.15, 0.2) is 0 Å². The van der Waals surface area contributed by atoms with Crippen LogP contribution in [0.5, 0.6) is 0 Å². The minimum atomic E-state index is -1.20. The van der Waals surface area contributed by atoms with E-state index in [1.807, 2.05) is 30.3 Å². The lowest BCUT2D eigenvalue weighted by molar-refractivity contribution is -0.384. The molecule has 2 aromatic rings. The molecule has 1 amide bonds. The van der Waals surface area contributed by atoms with Gasteiger partial charge in [0.05, 0.1) is 4.92 Å². The summed E-state index contributed by atoms with van der Waals surface area (Å²) in [5, 5.41) is 13.5. The van der Waals surface area contributed by atoms with Gasteiger partial charge in [-0.25, -0.2) is 9.59 Å². The van der Waals surface area contributed by atoms with E-state index in [1.165, 1.54) is 24.3 Å². The van der Waals surface area contributed by atoms with Crippen molar-refractivity contribution >= 4 is 17.7 Å². The number of carbonyl (C=O) groups excluding carboxylic acids is 2. The maximum absolute atomic E-state index is 13.0. The Morgan fingerprint density at radius 1 is 1.13 bits per heavy atom. The molecule has 0 heterocycles. The van der Waals surface area contributed by atoms with Gasteiger partial charge in [-0.3, -0.25) is 10.1 Å². The number of carbonyl (C=O) groups is 2. The number of benzene rings is 2. The van der Waals surface area contributed by atoms with Gasteiger partial charge in [-0.05, 0) is 50.5 Å². The fraction of sp³-hybridized carbons (Fsp3) is 0.364. The molecule has 1 saturated carbocycles. The van der Waals surface area contributed by atoms with Crippen molar-refractivity contribution in [1.29, 1.82) is 0 Å². The largest absolute Gasteiger partial charge is 0.459 e. The number of hydrogen-bond donors (Lipinski definition) is 1. The molecule has 0 saturated heterocycles. The number of nitro groups is 1. The summed E-state index contributed by atoms with van der Waals surface area (Å²) in [6, 6.07) is 15.2. The molecule has 2 atom stereocenters. The Kier molecular flexibility index (Phi) is 5.78. The van der Waals surface area contributed by atoms with Crippen LogP contribution < -0.4 is 5.32 Å². The van der Waals surface area contributed by atoms with Gasteiger partial charge in [-0.1, -0.05) is 30.3 Å². The molecular weight excluding hydrogens is 388 g/mol. The SMILES string of the molecule is CC(C)(C)OC(=O)NC1(C(=O)OCc2ccc([N+](=O)[O-])cc2)CC1c1ccccc1. The Bertz CT molecular complexity index is 936. The highest BCUT2D eigenvalue weighted by atomic mass is 16.6. The second-order valence-electron chi connectivity index (χ2n) is 8.27. The fourth-order valence-corrected chi connectivity index (χ4v) is 3.24. The van der Waals surface area contributed by atoms with Crippen LogP contribution in [0, 0.1) is 10.1 Å². The zero-order chi connectivity index (χ0) is 21.9. The average molecular weight is 412 g/mol. The van der Waals surface area contributed by atoms with E-state index < -0.39 is 28.1 Å². The minimum Gasteiger partial charge on any atom is -0.459 e. The summed E-state index contributed by atoms with van der Waals surface area (Å²) >= 11 is 0. The molecule has 2 aromatic carbocycles. The first kappa shape index (κ1) is 21.3. The molecule has 0 aromatic heterocycles. The van der Waals surface area contributed by atoms with Crippen molar-refractivity contribution in [3.8, 4) is 0 Å². The summed E-state index contributed by atoms with van der Waals surface area (Å²) in [4.78, 5) is 35.6. The van der Waals surface area contributed by atoms with Gasteiger partial charge < -0.3 is 14.8 Å². The van der Waals surface area contributed by atoms with E-state index in [1.54, 1.807) is 20.8 Å². The molecule has 1 fully saturated rings. The standard InChI is InChI=1S/C22H24N2O6/c1-21(2,3)30-20(26)23-22(13-18(22)16-7-5-4-6-8-16)19(25)29-14-15-9-11-17(12-10-15)24(27)28/h4-12,18H,13-14H2,1-3H3,(H,23,26). The number of ether oxygens (including phenoxy) is 2. The van der Waals surface area contributed by atoms with Gasteiger partial charge in [0.2, 0.25) is 0 Å². The van der Waals surface area contributed by atoms with Crippen molar-refractivity contribution in [2.45, 2.75) is 50.9 Å². The number of amides is 1. The maximum Gasteiger partial charge on any atom is 0.408 e. The second kappa shape index (κ2) is 8.14. The minimum absolute atomic E-state index is 0.0422. The number of nitrogens with one attached hydrogen (secondary N) is 1. The fourth-order valence-electron chi connectivity index (χ4n) is 3.24. The van der Waals surface area contributed by atoms with Crippen molar-refractivity contribution in [3.05, 3.63) is 75.8 Å². The first-order chi connectivity index (χ1) is 14.1. The lowest BCUT2D eigenvalue weighted by atomic mass is 10.1. The molecule has 158 valence electrons. The summed E-state index contributed by atoms with van der Waals surface area (Å²) in [5.41, 5.74) is -0.422. The van der Waals surface area contributed by atoms with Gasteiger partial charge in [0, 0.05) is 18.1 Å². The van der Waals surface area contributed by atoms with Crippen molar-refractivity contribution in [3.63, 3.8) is 0 Å². The molecule has 1 aliphatic carbocycles.